The van der Waals surface area contributed by atoms with Gasteiger partial charge in [-0.2, -0.15) is 9.78 Å². The standard InChI is InChI=1S/C20H18N4O2/c1-13-17-12-22-24(18-9-4-5-10-21-18)20(25)23(17)14(2)19(13)15-7-6-8-16(11-15)26-3/h4-12H,1-3H3. The summed E-state index contributed by atoms with van der Waals surface area (Å²) in [5, 5.41) is 4.32. The third-order valence-electron chi connectivity index (χ3n) is 4.59. The molecule has 0 fully saturated rings. The molecule has 0 amide bonds. The van der Waals surface area contributed by atoms with E-state index in [1.165, 1.54) is 4.68 Å². The number of rotatable bonds is 3. The van der Waals surface area contributed by atoms with Gasteiger partial charge in [-0.05, 0) is 49.2 Å². The highest BCUT2D eigenvalue weighted by molar-refractivity contribution is 5.79. The Bertz CT molecular complexity index is 1160. The largest absolute Gasteiger partial charge is 0.497 e. The maximum Gasteiger partial charge on any atom is 0.355 e. The van der Waals surface area contributed by atoms with Crippen LogP contribution in [0.15, 0.2) is 59.7 Å². The van der Waals surface area contributed by atoms with Gasteiger partial charge in [0.1, 0.15) is 5.75 Å². The number of aromatic nitrogens is 4. The number of methoxy groups -OCH3 is 1. The highest BCUT2D eigenvalue weighted by Gasteiger charge is 2.18. The van der Waals surface area contributed by atoms with Crippen LogP contribution in [0, 0.1) is 13.8 Å². The Balaban J connectivity index is 2.00. The van der Waals surface area contributed by atoms with Gasteiger partial charge in [0.25, 0.3) is 0 Å². The van der Waals surface area contributed by atoms with E-state index in [4.69, 9.17) is 4.74 Å². The minimum atomic E-state index is -0.240. The van der Waals surface area contributed by atoms with Crippen molar-refractivity contribution in [1.82, 2.24) is 19.2 Å². The van der Waals surface area contributed by atoms with E-state index in [1.807, 2.05) is 44.2 Å². The van der Waals surface area contributed by atoms with Crippen LogP contribution in [0.3, 0.4) is 0 Å². The van der Waals surface area contributed by atoms with Crippen molar-refractivity contribution in [2.24, 2.45) is 0 Å². The lowest BCUT2D eigenvalue weighted by Gasteiger charge is -2.06. The zero-order valence-electron chi connectivity index (χ0n) is 14.8. The average Bonchev–Trinajstić information content (AvgIpc) is 2.94. The lowest BCUT2D eigenvalue weighted by molar-refractivity contribution is 0.415. The first-order valence-corrected chi connectivity index (χ1v) is 8.27. The molecule has 130 valence electrons. The summed E-state index contributed by atoms with van der Waals surface area (Å²) in [5.74, 6) is 1.27. The second kappa shape index (κ2) is 6.15. The van der Waals surface area contributed by atoms with Crippen molar-refractivity contribution in [1.29, 1.82) is 0 Å². The van der Waals surface area contributed by atoms with Gasteiger partial charge in [0, 0.05) is 17.5 Å². The van der Waals surface area contributed by atoms with Crippen molar-refractivity contribution >= 4 is 5.52 Å². The molecule has 3 aromatic heterocycles. The SMILES string of the molecule is COc1cccc(-c2c(C)c3cnn(-c4ccccn4)c(=O)n3c2C)c1. The fourth-order valence-electron chi connectivity index (χ4n) is 3.36. The Morgan fingerprint density at radius 3 is 2.65 bits per heavy atom. The molecule has 0 atom stereocenters. The molecule has 4 aromatic rings. The van der Waals surface area contributed by atoms with Crippen LogP contribution in [0.1, 0.15) is 11.3 Å². The second-order valence-corrected chi connectivity index (χ2v) is 6.06. The lowest BCUT2D eigenvalue weighted by Crippen LogP contribution is -2.28. The predicted octanol–water partition coefficient (Wildman–Crippen LogP) is 3.17. The molecule has 0 spiro atoms. The molecule has 6 nitrogen and oxygen atoms in total. The van der Waals surface area contributed by atoms with E-state index in [0.29, 0.717) is 5.82 Å². The van der Waals surface area contributed by atoms with E-state index in [0.717, 1.165) is 33.7 Å². The van der Waals surface area contributed by atoms with Crippen molar-refractivity contribution in [2.45, 2.75) is 13.8 Å². The van der Waals surface area contributed by atoms with Crippen molar-refractivity contribution in [3.8, 4) is 22.7 Å². The lowest BCUT2D eigenvalue weighted by atomic mass is 10.0. The van der Waals surface area contributed by atoms with Crippen LogP contribution < -0.4 is 10.4 Å². The Kier molecular flexibility index (Phi) is 3.80. The molecular weight excluding hydrogens is 328 g/mol. The van der Waals surface area contributed by atoms with Gasteiger partial charge < -0.3 is 4.74 Å². The number of ether oxygens (including phenoxy) is 1. The van der Waals surface area contributed by atoms with Crippen molar-refractivity contribution in [3.63, 3.8) is 0 Å². The number of fused-ring (bicyclic) bond motifs is 1. The van der Waals surface area contributed by atoms with Crippen molar-refractivity contribution < 1.29 is 4.74 Å². The number of benzene rings is 1. The first kappa shape index (κ1) is 16.1. The molecule has 0 radical (unpaired) electrons. The van der Waals surface area contributed by atoms with Crippen LogP contribution >= 0.6 is 0 Å². The number of aryl methyl sites for hydroxylation is 2. The number of pyridine rings is 1. The van der Waals surface area contributed by atoms with Gasteiger partial charge in [-0.1, -0.05) is 18.2 Å². The molecule has 0 N–H and O–H groups in total. The van der Waals surface area contributed by atoms with Gasteiger partial charge in [0.2, 0.25) is 0 Å². The number of hydrogen-bond donors (Lipinski definition) is 0. The molecule has 0 saturated heterocycles. The topological polar surface area (TPSA) is 61.4 Å². The molecule has 1 aromatic carbocycles. The van der Waals surface area contributed by atoms with E-state index in [1.54, 1.807) is 36.0 Å². The fraction of sp³-hybridized carbons (Fsp3) is 0.150. The predicted molar refractivity (Wildman–Crippen MR) is 100 cm³/mol. The highest BCUT2D eigenvalue weighted by Crippen LogP contribution is 2.32. The Hall–Kier alpha value is -3.41. The van der Waals surface area contributed by atoms with Crippen LogP contribution in [-0.2, 0) is 0 Å². The van der Waals surface area contributed by atoms with Gasteiger partial charge in [0.05, 0.1) is 18.8 Å². The number of hydrogen-bond acceptors (Lipinski definition) is 4. The molecule has 6 heteroatoms. The third kappa shape index (κ3) is 2.38. The first-order chi connectivity index (χ1) is 12.6. The van der Waals surface area contributed by atoms with Gasteiger partial charge >= 0.3 is 5.69 Å². The van der Waals surface area contributed by atoms with Crippen LogP contribution in [0.5, 0.6) is 5.75 Å². The summed E-state index contributed by atoms with van der Waals surface area (Å²) >= 11 is 0. The van der Waals surface area contributed by atoms with Crippen molar-refractivity contribution in [2.75, 3.05) is 7.11 Å². The maximum atomic E-state index is 13.1. The third-order valence-corrected chi connectivity index (χ3v) is 4.59. The summed E-state index contributed by atoms with van der Waals surface area (Å²) in [7, 11) is 1.64. The summed E-state index contributed by atoms with van der Waals surface area (Å²) < 4.78 is 8.34. The molecule has 3 heterocycles. The van der Waals surface area contributed by atoms with Crippen LogP contribution in [-0.4, -0.2) is 26.3 Å². The summed E-state index contributed by atoms with van der Waals surface area (Å²) in [4.78, 5) is 17.3. The van der Waals surface area contributed by atoms with E-state index >= 15 is 0 Å². The average molecular weight is 346 g/mol. The van der Waals surface area contributed by atoms with E-state index in [-0.39, 0.29) is 5.69 Å². The summed E-state index contributed by atoms with van der Waals surface area (Å²) in [6.07, 6.45) is 3.35. The normalized spacial score (nSPS) is 11.0. The molecule has 4 rings (SSSR count). The van der Waals surface area contributed by atoms with E-state index in [2.05, 4.69) is 10.1 Å². The molecule has 0 aliphatic heterocycles. The molecule has 0 unspecified atom stereocenters. The fourth-order valence-corrected chi connectivity index (χ4v) is 3.36. The molecular formula is C20H18N4O2. The molecule has 0 aliphatic rings. The monoisotopic (exact) mass is 346 g/mol. The zero-order chi connectivity index (χ0) is 18.3. The van der Waals surface area contributed by atoms with E-state index in [9.17, 15) is 4.79 Å². The van der Waals surface area contributed by atoms with Crippen LogP contribution in [0.25, 0.3) is 22.5 Å². The minimum absolute atomic E-state index is 0.240. The van der Waals surface area contributed by atoms with Crippen LogP contribution in [0.2, 0.25) is 0 Å². The van der Waals surface area contributed by atoms with Gasteiger partial charge in [0.15, 0.2) is 5.82 Å². The summed E-state index contributed by atoms with van der Waals surface area (Å²) in [6.45, 7) is 3.95. The summed E-state index contributed by atoms with van der Waals surface area (Å²) in [6, 6.07) is 13.2. The summed E-state index contributed by atoms with van der Waals surface area (Å²) in [5.41, 5.74) is 4.44. The molecule has 0 bridgehead atoms. The Morgan fingerprint density at radius 2 is 1.92 bits per heavy atom. The molecule has 26 heavy (non-hydrogen) atoms. The first-order valence-electron chi connectivity index (χ1n) is 8.27. The quantitative estimate of drug-likeness (QED) is 0.572. The minimum Gasteiger partial charge on any atom is -0.497 e. The van der Waals surface area contributed by atoms with Gasteiger partial charge in [-0.15, -0.1) is 0 Å². The van der Waals surface area contributed by atoms with Crippen LogP contribution in [0.4, 0.5) is 0 Å². The highest BCUT2D eigenvalue weighted by atomic mass is 16.5. The zero-order valence-corrected chi connectivity index (χ0v) is 14.8. The molecule has 0 saturated carbocycles. The van der Waals surface area contributed by atoms with Gasteiger partial charge in [-0.25, -0.2) is 9.78 Å². The van der Waals surface area contributed by atoms with Gasteiger partial charge in [-0.3, -0.25) is 4.40 Å². The Morgan fingerprint density at radius 1 is 1.08 bits per heavy atom. The second-order valence-electron chi connectivity index (χ2n) is 6.06. The molecule has 0 aliphatic carbocycles. The Labute approximate surface area is 150 Å². The van der Waals surface area contributed by atoms with E-state index < -0.39 is 0 Å². The number of nitrogens with zero attached hydrogens (tertiary/aromatic N) is 4. The maximum absolute atomic E-state index is 13.1. The van der Waals surface area contributed by atoms with Crippen molar-refractivity contribution in [3.05, 3.63) is 76.6 Å². The smallest absolute Gasteiger partial charge is 0.355 e.